The Labute approximate surface area is 147 Å². The quantitative estimate of drug-likeness (QED) is 0.552. The molecule has 0 fully saturated rings. The van der Waals surface area contributed by atoms with Gasteiger partial charge in [0.1, 0.15) is 0 Å². The Morgan fingerprint density at radius 2 is 1.71 bits per heavy atom. The molecule has 0 heterocycles. The summed E-state index contributed by atoms with van der Waals surface area (Å²) in [6, 6.07) is 7.74. The molecule has 1 rings (SSSR count). The minimum Gasteiger partial charge on any atom is -0.462 e. The second-order valence-electron chi connectivity index (χ2n) is 7.85. The fourth-order valence-electron chi connectivity index (χ4n) is 2.23. The SMILES string of the molecule is CCC(C)c1ccc(C(=O)OCCC(C)OCCC(C)(C)C)cc1. The van der Waals surface area contributed by atoms with Gasteiger partial charge in [-0.1, -0.05) is 46.8 Å². The van der Waals surface area contributed by atoms with Gasteiger partial charge in [-0.05, 0) is 48.8 Å². The molecule has 0 N–H and O–H groups in total. The van der Waals surface area contributed by atoms with Gasteiger partial charge in [-0.15, -0.1) is 0 Å². The van der Waals surface area contributed by atoms with Gasteiger partial charge in [0.25, 0.3) is 0 Å². The van der Waals surface area contributed by atoms with E-state index in [9.17, 15) is 4.79 Å². The number of carbonyl (C=O) groups is 1. The summed E-state index contributed by atoms with van der Waals surface area (Å²) in [5.74, 6) is 0.258. The maximum absolute atomic E-state index is 12.1. The van der Waals surface area contributed by atoms with Gasteiger partial charge < -0.3 is 9.47 Å². The third-order valence-corrected chi connectivity index (χ3v) is 4.34. The Balaban J connectivity index is 2.30. The zero-order valence-electron chi connectivity index (χ0n) is 16.2. The van der Waals surface area contributed by atoms with Crippen molar-refractivity contribution >= 4 is 5.97 Å². The smallest absolute Gasteiger partial charge is 0.338 e. The van der Waals surface area contributed by atoms with Crippen molar-refractivity contribution < 1.29 is 14.3 Å². The van der Waals surface area contributed by atoms with E-state index in [1.807, 2.05) is 31.2 Å². The van der Waals surface area contributed by atoms with Crippen molar-refractivity contribution in [2.45, 2.75) is 72.8 Å². The number of benzene rings is 1. The van der Waals surface area contributed by atoms with E-state index < -0.39 is 0 Å². The number of hydrogen-bond donors (Lipinski definition) is 0. The molecule has 0 bridgehead atoms. The van der Waals surface area contributed by atoms with E-state index in [2.05, 4.69) is 34.6 Å². The molecule has 0 saturated heterocycles. The van der Waals surface area contributed by atoms with Gasteiger partial charge in [0, 0.05) is 13.0 Å². The van der Waals surface area contributed by atoms with Gasteiger partial charge in [0.05, 0.1) is 18.3 Å². The van der Waals surface area contributed by atoms with Crippen LogP contribution in [0.25, 0.3) is 0 Å². The van der Waals surface area contributed by atoms with Crippen LogP contribution in [0.1, 0.15) is 82.6 Å². The van der Waals surface area contributed by atoms with E-state index in [-0.39, 0.29) is 17.5 Å². The third kappa shape index (κ3) is 7.96. The fraction of sp³-hybridized carbons (Fsp3) is 0.667. The van der Waals surface area contributed by atoms with Crippen LogP contribution in [0, 0.1) is 5.41 Å². The average Bonchev–Trinajstić information content (AvgIpc) is 2.53. The van der Waals surface area contributed by atoms with Crippen LogP contribution in [0.4, 0.5) is 0 Å². The Morgan fingerprint density at radius 3 is 2.25 bits per heavy atom. The van der Waals surface area contributed by atoms with Gasteiger partial charge in [-0.2, -0.15) is 0 Å². The van der Waals surface area contributed by atoms with Crippen LogP contribution < -0.4 is 0 Å². The highest BCUT2D eigenvalue weighted by molar-refractivity contribution is 5.89. The Hall–Kier alpha value is -1.35. The van der Waals surface area contributed by atoms with E-state index in [1.54, 1.807) is 0 Å². The lowest BCUT2D eigenvalue weighted by molar-refractivity contribution is 0.0200. The first kappa shape index (κ1) is 20.7. The summed E-state index contributed by atoms with van der Waals surface area (Å²) in [6.07, 6.45) is 2.95. The average molecular weight is 334 g/mol. The lowest BCUT2D eigenvalue weighted by Gasteiger charge is -2.20. The van der Waals surface area contributed by atoms with Crippen LogP contribution in [-0.4, -0.2) is 25.3 Å². The second kappa shape index (κ2) is 9.83. The van der Waals surface area contributed by atoms with Crippen molar-refractivity contribution in [2.75, 3.05) is 13.2 Å². The summed E-state index contributed by atoms with van der Waals surface area (Å²) in [5, 5.41) is 0. The lowest BCUT2D eigenvalue weighted by Crippen LogP contribution is -2.17. The van der Waals surface area contributed by atoms with Crippen molar-refractivity contribution in [3.8, 4) is 0 Å². The summed E-state index contributed by atoms with van der Waals surface area (Å²) >= 11 is 0. The number of esters is 1. The maximum atomic E-state index is 12.1. The van der Waals surface area contributed by atoms with Gasteiger partial charge in [-0.25, -0.2) is 4.79 Å². The lowest BCUT2D eigenvalue weighted by atomic mass is 9.93. The van der Waals surface area contributed by atoms with Crippen LogP contribution in [0.15, 0.2) is 24.3 Å². The monoisotopic (exact) mass is 334 g/mol. The van der Waals surface area contributed by atoms with E-state index in [1.165, 1.54) is 5.56 Å². The molecule has 2 atom stereocenters. The van der Waals surface area contributed by atoms with Crippen molar-refractivity contribution in [1.29, 1.82) is 0 Å². The molecule has 0 aliphatic carbocycles. The summed E-state index contributed by atoms with van der Waals surface area (Å²) in [6.45, 7) is 14.1. The predicted octanol–water partition coefficient (Wildman–Crippen LogP) is 5.59. The van der Waals surface area contributed by atoms with Gasteiger partial charge in [0.2, 0.25) is 0 Å². The first-order valence-electron chi connectivity index (χ1n) is 9.11. The molecule has 3 heteroatoms. The molecule has 2 unspecified atom stereocenters. The molecule has 0 spiro atoms. The second-order valence-corrected chi connectivity index (χ2v) is 7.85. The highest BCUT2D eigenvalue weighted by Gasteiger charge is 2.12. The van der Waals surface area contributed by atoms with Crippen LogP contribution in [0.2, 0.25) is 0 Å². The molecule has 0 saturated carbocycles. The number of rotatable bonds is 9. The van der Waals surface area contributed by atoms with E-state index in [0.717, 1.165) is 25.9 Å². The maximum Gasteiger partial charge on any atom is 0.338 e. The number of hydrogen-bond acceptors (Lipinski definition) is 3. The minimum absolute atomic E-state index is 0.105. The highest BCUT2D eigenvalue weighted by atomic mass is 16.5. The fourth-order valence-corrected chi connectivity index (χ4v) is 2.23. The molecule has 0 amide bonds. The first-order chi connectivity index (χ1) is 11.2. The largest absolute Gasteiger partial charge is 0.462 e. The Kier molecular flexibility index (Phi) is 8.47. The molecule has 1 aromatic rings. The summed E-state index contributed by atoms with van der Waals surface area (Å²) in [7, 11) is 0. The molecule has 24 heavy (non-hydrogen) atoms. The van der Waals surface area contributed by atoms with Crippen LogP contribution in [0.5, 0.6) is 0 Å². The molecule has 0 radical (unpaired) electrons. The standard InChI is InChI=1S/C21H34O3/c1-7-16(2)18-8-10-19(11-9-18)20(22)24-14-12-17(3)23-15-13-21(4,5)6/h8-11,16-17H,7,12-15H2,1-6H3. The molecule has 0 aliphatic heterocycles. The molecular formula is C21H34O3. The van der Waals surface area contributed by atoms with E-state index >= 15 is 0 Å². The van der Waals surface area contributed by atoms with Crippen LogP contribution in [-0.2, 0) is 9.47 Å². The summed E-state index contributed by atoms with van der Waals surface area (Å²) < 4.78 is 11.1. The van der Waals surface area contributed by atoms with E-state index in [0.29, 0.717) is 18.1 Å². The molecular weight excluding hydrogens is 300 g/mol. The molecule has 3 nitrogen and oxygen atoms in total. The van der Waals surface area contributed by atoms with Crippen molar-refractivity contribution in [1.82, 2.24) is 0 Å². The minimum atomic E-state index is -0.257. The topological polar surface area (TPSA) is 35.5 Å². The van der Waals surface area contributed by atoms with Crippen molar-refractivity contribution in [2.24, 2.45) is 5.41 Å². The van der Waals surface area contributed by atoms with Gasteiger partial charge >= 0.3 is 5.97 Å². The Bertz CT molecular complexity index is 485. The molecule has 136 valence electrons. The highest BCUT2D eigenvalue weighted by Crippen LogP contribution is 2.20. The van der Waals surface area contributed by atoms with E-state index in [4.69, 9.17) is 9.47 Å². The first-order valence-corrected chi connectivity index (χ1v) is 9.11. The molecule has 0 aliphatic rings. The van der Waals surface area contributed by atoms with Gasteiger partial charge in [0.15, 0.2) is 0 Å². The normalized spacial score (nSPS) is 14.2. The molecule has 0 aromatic heterocycles. The molecule has 1 aromatic carbocycles. The van der Waals surface area contributed by atoms with Gasteiger partial charge in [-0.3, -0.25) is 0 Å². The van der Waals surface area contributed by atoms with Crippen LogP contribution >= 0.6 is 0 Å². The Morgan fingerprint density at radius 1 is 1.08 bits per heavy atom. The zero-order valence-corrected chi connectivity index (χ0v) is 16.2. The predicted molar refractivity (Wildman–Crippen MR) is 99.5 cm³/mol. The third-order valence-electron chi connectivity index (χ3n) is 4.34. The number of carbonyl (C=O) groups excluding carboxylic acids is 1. The van der Waals surface area contributed by atoms with Crippen molar-refractivity contribution in [3.05, 3.63) is 35.4 Å². The summed E-state index contributed by atoms with van der Waals surface area (Å²) in [4.78, 5) is 12.1. The zero-order chi connectivity index (χ0) is 18.2. The van der Waals surface area contributed by atoms with Crippen molar-refractivity contribution in [3.63, 3.8) is 0 Å². The summed E-state index contributed by atoms with van der Waals surface area (Å²) in [5.41, 5.74) is 2.16. The number of ether oxygens (including phenoxy) is 2. The van der Waals surface area contributed by atoms with Crippen LogP contribution in [0.3, 0.4) is 0 Å².